The van der Waals surface area contributed by atoms with E-state index in [-0.39, 0.29) is 18.5 Å². The van der Waals surface area contributed by atoms with Gasteiger partial charge in [0.2, 0.25) is 0 Å². The summed E-state index contributed by atoms with van der Waals surface area (Å²) in [5.41, 5.74) is 2.96. The molecule has 0 bridgehead atoms. The normalized spacial score (nSPS) is 11.8. The maximum atomic E-state index is 12.0. The van der Waals surface area contributed by atoms with Gasteiger partial charge in [-0.15, -0.1) is 11.3 Å². The highest BCUT2D eigenvalue weighted by molar-refractivity contribution is 7.17. The van der Waals surface area contributed by atoms with E-state index in [0.29, 0.717) is 5.02 Å². The molecular formula is C18H20ClNO2S. The molecule has 0 atom stereocenters. The molecule has 0 radical (unpaired) electrons. The van der Waals surface area contributed by atoms with Crippen LogP contribution in [0.5, 0.6) is 0 Å². The highest BCUT2D eigenvalue weighted by Gasteiger charge is 2.17. The van der Waals surface area contributed by atoms with Crippen molar-refractivity contribution in [3.8, 4) is 10.4 Å². The second-order valence-electron chi connectivity index (χ2n) is 5.50. The molecule has 0 aliphatic heterocycles. The van der Waals surface area contributed by atoms with Crippen LogP contribution in [0.15, 0.2) is 35.3 Å². The first-order chi connectivity index (χ1) is 10.9. The fourth-order valence-electron chi connectivity index (χ4n) is 2.15. The van der Waals surface area contributed by atoms with Gasteiger partial charge in [0.05, 0.1) is 12.5 Å². The number of carbonyl (C=O) groups excluding carboxylic acids is 1. The van der Waals surface area contributed by atoms with Crippen molar-refractivity contribution in [2.75, 3.05) is 7.05 Å². The molecule has 1 aromatic heterocycles. The molecule has 0 amide bonds. The molecule has 23 heavy (non-hydrogen) atoms. The predicted octanol–water partition coefficient (Wildman–Crippen LogP) is 5.00. The summed E-state index contributed by atoms with van der Waals surface area (Å²) in [6, 6.07) is 9.67. The minimum Gasteiger partial charge on any atom is -0.463 e. The number of rotatable bonds is 5. The van der Waals surface area contributed by atoms with Crippen molar-refractivity contribution in [3.63, 3.8) is 0 Å². The lowest BCUT2D eigenvalue weighted by molar-refractivity contribution is -0.146. The van der Waals surface area contributed by atoms with Gasteiger partial charge in [-0.25, -0.2) is 0 Å². The van der Waals surface area contributed by atoms with Gasteiger partial charge in [0.15, 0.2) is 0 Å². The third-order valence-electron chi connectivity index (χ3n) is 3.31. The highest BCUT2D eigenvalue weighted by Crippen LogP contribution is 2.34. The van der Waals surface area contributed by atoms with Crippen molar-refractivity contribution < 1.29 is 9.53 Å². The van der Waals surface area contributed by atoms with Crippen LogP contribution < -0.4 is 0 Å². The van der Waals surface area contributed by atoms with E-state index < -0.39 is 0 Å². The van der Waals surface area contributed by atoms with E-state index in [0.717, 1.165) is 26.6 Å². The summed E-state index contributed by atoms with van der Waals surface area (Å²) in [4.78, 5) is 18.4. The molecular weight excluding hydrogens is 330 g/mol. The van der Waals surface area contributed by atoms with Crippen LogP contribution in [0.3, 0.4) is 0 Å². The van der Waals surface area contributed by atoms with E-state index in [2.05, 4.69) is 4.99 Å². The fourth-order valence-corrected chi connectivity index (χ4v) is 3.46. The lowest BCUT2D eigenvalue weighted by Crippen LogP contribution is -2.13. The molecule has 0 saturated heterocycles. The molecule has 0 saturated carbocycles. The molecule has 0 fully saturated rings. The molecule has 3 nitrogen and oxygen atoms in total. The van der Waals surface area contributed by atoms with Crippen LogP contribution in [-0.4, -0.2) is 24.8 Å². The molecule has 1 heterocycles. The summed E-state index contributed by atoms with van der Waals surface area (Å²) in [6.45, 7) is 5.67. The minimum atomic E-state index is -0.217. The van der Waals surface area contributed by atoms with Gasteiger partial charge in [-0.2, -0.15) is 0 Å². The Balaban J connectivity index is 2.40. The number of esters is 1. The summed E-state index contributed by atoms with van der Waals surface area (Å²) in [7, 11) is 1.77. The second kappa shape index (κ2) is 7.75. The standard InChI is InChI=1S/C18H20ClNO2S/c1-11(2)22-17(21)10-14-9-16(12(3)20-4)23-18(14)13-5-7-15(19)8-6-13/h5-9,11H,10H2,1-4H3/b20-12+. The van der Waals surface area contributed by atoms with Gasteiger partial charge < -0.3 is 4.74 Å². The van der Waals surface area contributed by atoms with Crippen molar-refractivity contribution in [2.24, 2.45) is 4.99 Å². The maximum Gasteiger partial charge on any atom is 0.310 e. The third kappa shape index (κ3) is 4.66. The van der Waals surface area contributed by atoms with Crippen LogP contribution in [0.1, 0.15) is 31.2 Å². The van der Waals surface area contributed by atoms with Gasteiger partial charge in [-0.1, -0.05) is 23.7 Å². The summed E-state index contributed by atoms with van der Waals surface area (Å²) < 4.78 is 5.27. The van der Waals surface area contributed by atoms with Gasteiger partial charge >= 0.3 is 5.97 Å². The van der Waals surface area contributed by atoms with Crippen molar-refractivity contribution in [1.82, 2.24) is 0 Å². The number of halogens is 1. The van der Waals surface area contributed by atoms with Crippen molar-refractivity contribution in [1.29, 1.82) is 0 Å². The van der Waals surface area contributed by atoms with E-state index in [4.69, 9.17) is 16.3 Å². The number of carbonyl (C=O) groups is 1. The molecule has 2 aromatic rings. The number of ether oxygens (including phenoxy) is 1. The minimum absolute atomic E-state index is 0.112. The quantitative estimate of drug-likeness (QED) is 0.562. The molecule has 0 unspecified atom stereocenters. The van der Waals surface area contributed by atoms with E-state index in [1.165, 1.54) is 0 Å². The summed E-state index contributed by atoms with van der Waals surface area (Å²) >= 11 is 7.60. The lowest BCUT2D eigenvalue weighted by Gasteiger charge is -2.08. The summed E-state index contributed by atoms with van der Waals surface area (Å²) in [6.07, 6.45) is 0.141. The number of hydrogen-bond donors (Lipinski definition) is 0. The zero-order valence-electron chi connectivity index (χ0n) is 13.7. The molecule has 122 valence electrons. The zero-order valence-corrected chi connectivity index (χ0v) is 15.3. The number of thiophene rings is 1. The van der Waals surface area contributed by atoms with Crippen LogP contribution in [0, 0.1) is 0 Å². The molecule has 0 N–H and O–H groups in total. The van der Waals surface area contributed by atoms with Crippen LogP contribution in [0.25, 0.3) is 10.4 Å². The number of hydrogen-bond acceptors (Lipinski definition) is 4. The molecule has 0 aliphatic rings. The number of nitrogens with zero attached hydrogens (tertiary/aromatic N) is 1. The van der Waals surface area contributed by atoms with Gasteiger partial charge in [0.1, 0.15) is 0 Å². The highest BCUT2D eigenvalue weighted by atomic mass is 35.5. The second-order valence-corrected chi connectivity index (χ2v) is 6.98. The lowest BCUT2D eigenvalue weighted by atomic mass is 10.1. The van der Waals surface area contributed by atoms with Crippen LogP contribution in [-0.2, 0) is 16.0 Å². The van der Waals surface area contributed by atoms with Crippen LogP contribution in [0.4, 0.5) is 0 Å². The molecule has 0 spiro atoms. The smallest absolute Gasteiger partial charge is 0.310 e. The molecule has 5 heteroatoms. The zero-order chi connectivity index (χ0) is 17.0. The first-order valence-corrected chi connectivity index (χ1v) is 8.62. The Bertz CT molecular complexity index is 717. The Morgan fingerprint density at radius 3 is 2.52 bits per heavy atom. The van der Waals surface area contributed by atoms with Crippen LogP contribution in [0.2, 0.25) is 5.02 Å². The van der Waals surface area contributed by atoms with Crippen molar-refractivity contribution in [2.45, 2.75) is 33.3 Å². The van der Waals surface area contributed by atoms with E-state index >= 15 is 0 Å². The van der Waals surface area contributed by atoms with Crippen LogP contribution >= 0.6 is 22.9 Å². The summed E-state index contributed by atoms with van der Waals surface area (Å²) in [5.74, 6) is -0.217. The number of aliphatic imine (C=N–C) groups is 1. The Morgan fingerprint density at radius 2 is 1.96 bits per heavy atom. The van der Waals surface area contributed by atoms with Gasteiger partial charge in [-0.3, -0.25) is 9.79 Å². The third-order valence-corrected chi connectivity index (χ3v) is 4.90. The summed E-state index contributed by atoms with van der Waals surface area (Å²) in [5, 5.41) is 0.692. The SMILES string of the molecule is C/N=C(\C)c1cc(CC(=O)OC(C)C)c(-c2ccc(Cl)cc2)s1. The molecule has 1 aromatic carbocycles. The average Bonchev–Trinajstić information content (AvgIpc) is 2.90. The first kappa shape index (κ1) is 17.7. The van der Waals surface area contributed by atoms with Crippen molar-refractivity contribution >= 4 is 34.6 Å². The fraction of sp³-hybridized carbons (Fsp3) is 0.333. The maximum absolute atomic E-state index is 12.0. The Labute approximate surface area is 146 Å². The monoisotopic (exact) mass is 349 g/mol. The van der Waals surface area contributed by atoms with Gasteiger partial charge in [0, 0.05) is 27.5 Å². The van der Waals surface area contributed by atoms with E-state index in [9.17, 15) is 4.79 Å². The topological polar surface area (TPSA) is 38.7 Å². The molecule has 0 aliphatic carbocycles. The Hall–Kier alpha value is -1.65. The largest absolute Gasteiger partial charge is 0.463 e. The Morgan fingerprint density at radius 1 is 1.30 bits per heavy atom. The van der Waals surface area contributed by atoms with Crippen molar-refractivity contribution in [3.05, 3.63) is 45.8 Å². The van der Waals surface area contributed by atoms with E-state index in [1.54, 1.807) is 18.4 Å². The number of benzene rings is 1. The van der Waals surface area contributed by atoms with Gasteiger partial charge in [0.25, 0.3) is 0 Å². The first-order valence-electron chi connectivity index (χ1n) is 7.42. The van der Waals surface area contributed by atoms with E-state index in [1.807, 2.05) is 51.1 Å². The van der Waals surface area contributed by atoms with Gasteiger partial charge in [-0.05, 0) is 50.1 Å². The Kier molecular flexibility index (Phi) is 5.97. The average molecular weight is 350 g/mol. The predicted molar refractivity (Wildman–Crippen MR) is 97.8 cm³/mol. The molecule has 2 rings (SSSR count).